The molecule has 4 aromatic rings. The van der Waals surface area contributed by atoms with Gasteiger partial charge in [-0.2, -0.15) is 0 Å². The normalized spacial score (nSPS) is 11.4. The number of carbonyl (C=O) groups excluding carboxylic acids is 1. The van der Waals surface area contributed by atoms with Gasteiger partial charge in [0.2, 0.25) is 0 Å². The fraction of sp³-hybridized carbons (Fsp3) is 0.359. The largest absolute Gasteiger partial charge is 0.508 e. The fourth-order valence-corrected chi connectivity index (χ4v) is 10.6. The first-order valence-corrected chi connectivity index (χ1v) is 18.2. The summed E-state index contributed by atoms with van der Waals surface area (Å²) in [6, 6.07) is 37.8. The molecular weight excluding hydrogens is 547 g/mol. The Labute approximate surface area is 259 Å². The van der Waals surface area contributed by atoms with Gasteiger partial charge in [0.05, 0.1) is 11.7 Å². The average molecular weight is 596 g/mol. The first-order valence-electron chi connectivity index (χ1n) is 16.2. The van der Waals surface area contributed by atoms with Gasteiger partial charge < -0.3 is 10.2 Å². The predicted octanol–water partition coefficient (Wildman–Crippen LogP) is 9.35. The summed E-state index contributed by atoms with van der Waals surface area (Å²) in [7, 11) is -1.70. The van der Waals surface area contributed by atoms with Crippen molar-refractivity contribution in [3.63, 3.8) is 0 Å². The summed E-state index contributed by atoms with van der Waals surface area (Å²) in [6.07, 6.45) is 16.3. The second kappa shape index (κ2) is 17.6. The van der Waals surface area contributed by atoms with Crippen LogP contribution < -0.4 is 15.9 Å². The molecule has 0 amide bonds. The van der Waals surface area contributed by atoms with E-state index in [-0.39, 0.29) is 17.3 Å². The third-order valence-electron chi connectivity index (χ3n) is 8.52. The lowest BCUT2D eigenvalue weighted by Gasteiger charge is -2.27. The summed E-state index contributed by atoms with van der Waals surface area (Å²) in [5, 5.41) is 23.7. The van der Waals surface area contributed by atoms with E-state index < -0.39 is 7.26 Å². The van der Waals surface area contributed by atoms with Crippen LogP contribution in [0.25, 0.3) is 0 Å². The van der Waals surface area contributed by atoms with Crippen LogP contribution in [-0.2, 0) is 0 Å². The number of phenols is 2. The van der Waals surface area contributed by atoms with E-state index >= 15 is 0 Å². The molecular formula is C39H48O3P+. The molecule has 4 heteroatoms. The number of rotatable bonds is 19. The van der Waals surface area contributed by atoms with E-state index in [0.717, 1.165) is 19.3 Å². The van der Waals surface area contributed by atoms with Crippen molar-refractivity contribution in [2.24, 2.45) is 0 Å². The Balaban J connectivity index is 1.12. The molecule has 43 heavy (non-hydrogen) atoms. The summed E-state index contributed by atoms with van der Waals surface area (Å²) in [4.78, 5) is 12.3. The number of phenolic OH excluding ortho intramolecular Hbond substituents is 2. The van der Waals surface area contributed by atoms with Crippen LogP contribution in [0.5, 0.6) is 11.5 Å². The SMILES string of the molecule is O=C(CCCCCCCCCCCCCC[P+](c1ccccc1)(c1ccccc1)c1ccccc1)c1ccc(O)cc1O. The summed E-state index contributed by atoms with van der Waals surface area (Å²) >= 11 is 0. The van der Waals surface area contributed by atoms with E-state index in [2.05, 4.69) is 91.0 Å². The first-order chi connectivity index (χ1) is 21.1. The maximum atomic E-state index is 12.3. The zero-order chi connectivity index (χ0) is 30.2. The third kappa shape index (κ3) is 9.54. The Hall–Kier alpha value is -3.42. The van der Waals surface area contributed by atoms with Crippen LogP contribution in [0.2, 0.25) is 0 Å². The van der Waals surface area contributed by atoms with E-state index in [1.165, 1.54) is 98.1 Å². The zero-order valence-electron chi connectivity index (χ0n) is 25.5. The second-order valence-corrected chi connectivity index (χ2v) is 15.3. The van der Waals surface area contributed by atoms with Gasteiger partial charge in [-0.3, -0.25) is 4.79 Å². The van der Waals surface area contributed by atoms with Gasteiger partial charge in [0, 0.05) is 12.5 Å². The smallest absolute Gasteiger partial charge is 0.166 e. The van der Waals surface area contributed by atoms with E-state index in [1.807, 2.05) is 0 Å². The monoisotopic (exact) mass is 595 g/mol. The van der Waals surface area contributed by atoms with Crippen LogP contribution in [-0.4, -0.2) is 22.2 Å². The maximum absolute atomic E-state index is 12.3. The molecule has 0 heterocycles. The summed E-state index contributed by atoms with van der Waals surface area (Å²) < 4.78 is 0. The highest BCUT2D eigenvalue weighted by Gasteiger charge is 2.44. The van der Waals surface area contributed by atoms with Crippen molar-refractivity contribution in [2.75, 3.05) is 6.16 Å². The molecule has 0 aliphatic rings. The molecule has 0 radical (unpaired) electrons. The fourth-order valence-electron chi connectivity index (χ4n) is 6.17. The van der Waals surface area contributed by atoms with Gasteiger partial charge in [-0.25, -0.2) is 0 Å². The molecule has 3 nitrogen and oxygen atoms in total. The maximum Gasteiger partial charge on any atom is 0.166 e. The van der Waals surface area contributed by atoms with Crippen molar-refractivity contribution in [3.05, 3.63) is 115 Å². The van der Waals surface area contributed by atoms with Crippen molar-refractivity contribution >= 4 is 29.0 Å². The second-order valence-electron chi connectivity index (χ2n) is 11.7. The van der Waals surface area contributed by atoms with Gasteiger partial charge in [0.25, 0.3) is 0 Å². The van der Waals surface area contributed by atoms with Crippen LogP contribution in [0.3, 0.4) is 0 Å². The highest BCUT2D eigenvalue weighted by atomic mass is 31.2. The topological polar surface area (TPSA) is 57.5 Å². The quantitative estimate of drug-likeness (QED) is 0.0645. The first kappa shape index (κ1) is 32.5. The molecule has 0 atom stereocenters. The minimum Gasteiger partial charge on any atom is -0.508 e. The molecule has 0 unspecified atom stereocenters. The minimum atomic E-state index is -1.70. The van der Waals surface area contributed by atoms with Crippen molar-refractivity contribution in [2.45, 2.75) is 83.5 Å². The van der Waals surface area contributed by atoms with Crippen LogP contribution in [0.15, 0.2) is 109 Å². The Morgan fingerprint density at radius 3 is 1.30 bits per heavy atom. The molecule has 2 N–H and O–H groups in total. The van der Waals surface area contributed by atoms with Gasteiger partial charge in [-0.1, -0.05) is 112 Å². The van der Waals surface area contributed by atoms with Gasteiger partial charge in [0.1, 0.15) is 34.7 Å². The van der Waals surface area contributed by atoms with Crippen LogP contribution in [0.4, 0.5) is 0 Å². The van der Waals surface area contributed by atoms with E-state index in [9.17, 15) is 15.0 Å². The zero-order valence-corrected chi connectivity index (χ0v) is 26.4. The van der Waals surface area contributed by atoms with E-state index in [0.29, 0.717) is 12.0 Å². The third-order valence-corrected chi connectivity index (χ3v) is 13.0. The highest BCUT2D eigenvalue weighted by Crippen LogP contribution is 2.56. The molecule has 4 aromatic carbocycles. The van der Waals surface area contributed by atoms with E-state index in [1.54, 1.807) is 0 Å². The number of Topliss-reactive ketones (excluding diaryl/α,β-unsaturated/α-hetero) is 1. The molecule has 0 spiro atoms. The average Bonchev–Trinajstić information content (AvgIpc) is 3.04. The molecule has 226 valence electrons. The van der Waals surface area contributed by atoms with Crippen LogP contribution >= 0.6 is 7.26 Å². The summed E-state index contributed by atoms with van der Waals surface area (Å²) in [5.74, 6) is -0.209. The Bertz CT molecular complexity index is 1260. The Morgan fingerprint density at radius 2 is 0.884 bits per heavy atom. The van der Waals surface area contributed by atoms with E-state index in [4.69, 9.17) is 0 Å². The molecule has 0 aromatic heterocycles. The Kier molecular flexibility index (Phi) is 13.3. The van der Waals surface area contributed by atoms with Crippen LogP contribution in [0, 0.1) is 0 Å². The number of benzene rings is 4. The summed E-state index contributed by atoms with van der Waals surface area (Å²) in [5.41, 5.74) is 0.308. The number of unbranched alkanes of at least 4 members (excludes halogenated alkanes) is 11. The lowest BCUT2D eigenvalue weighted by molar-refractivity contribution is 0.0976. The van der Waals surface area contributed by atoms with Gasteiger partial charge in [-0.15, -0.1) is 0 Å². The number of hydrogen-bond donors (Lipinski definition) is 2. The molecule has 0 saturated heterocycles. The predicted molar refractivity (Wildman–Crippen MR) is 184 cm³/mol. The number of aromatic hydroxyl groups is 2. The minimum absolute atomic E-state index is 0.0252. The van der Waals surface area contributed by atoms with Gasteiger partial charge >= 0.3 is 0 Å². The van der Waals surface area contributed by atoms with Crippen molar-refractivity contribution < 1.29 is 15.0 Å². The lowest BCUT2D eigenvalue weighted by atomic mass is 10.0. The summed E-state index contributed by atoms with van der Waals surface area (Å²) in [6.45, 7) is 0. The molecule has 0 bridgehead atoms. The highest BCUT2D eigenvalue weighted by molar-refractivity contribution is 7.95. The Morgan fingerprint density at radius 1 is 0.488 bits per heavy atom. The van der Waals surface area contributed by atoms with Crippen LogP contribution in [0.1, 0.15) is 93.8 Å². The van der Waals surface area contributed by atoms with Gasteiger partial charge in [0.15, 0.2) is 5.78 Å². The number of hydrogen-bond acceptors (Lipinski definition) is 3. The van der Waals surface area contributed by atoms with Crippen molar-refractivity contribution in [1.82, 2.24) is 0 Å². The van der Waals surface area contributed by atoms with Crippen molar-refractivity contribution in [3.8, 4) is 11.5 Å². The van der Waals surface area contributed by atoms with Gasteiger partial charge in [-0.05, 0) is 67.8 Å². The van der Waals surface area contributed by atoms with Crippen molar-refractivity contribution in [1.29, 1.82) is 0 Å². The molecule has 0 aliphatic heterocycles. The molecule has 0 saturated carbocycles. The molecule has 0 aliphatic carbocycles. The molecule has 4 rings (SSSR count). The lowest BCUT2D eigenvalue weighted by Crippen LogP contribution is -2.33. The number of carbonyl (C=O) groups is 1. The molecule has 0 fully saturated rings. The standard InChI is InChI=1S/C39H47O3P/c40-33-29-30-37(39(42)32-33)38(41)28-20-9-7-5-3-1-2-4-6-8-10-21-31-43(34-22-14-11-15-23-34,35-24-16-12-17-25-35)36-26-18-13-19-27-36/h11-19,22-27,29-30,32H,1-10,20-21,28,31H2,(H-,40,41,42)/p+1. The number of ketones is 1.